The van der Waals surface area contributed by atoms with Gasteiger partial charge in [0.25, 0.3) is 0 Å². The van der Waals surface area contributed by atoms with Gasteiger partial charge >= 0.3 is 7.12 Å². The monoisotopic (exact) mass is 781 g/mol. The molecule has 1 unspecified atom stereocenters. The Balaban J connectivity index is 0.000000456. The van der Waals surface area contributed by atoms with E-state index in [4.69, 9.17) is 14.8 Å². The number of carbonyl (C=O) groups is 1. The Hall–Kier alpha value is -3.54. The van der Waals surface area contributed by atoms with Gasteiger partial charge in [0, 0.05) is 43.9 Å². The number of ether oxygens (including phenoxy) is 1. The first-order valence-electron chi connectivity index (χ1n) is 19.3. The van der Waals surface area contributed by atoms with Crippen LogP contribution in [0.15, 0.2) is 91.0 Å². The van der Waals surface area contributed by atoms with Crippen LogP contribution in [0, 0.1) is 5.92 Å². The maximum absolute atomic E-state index is 11.6. The van der Waals surface area contributed by atoms with Crippen LogP contribution in [0.4, 0.5) is 5.69 Å². The Labute approximate surface area is 336 Å². The summed E-state index contributed by atoms with van der Waals surface area (Å²) >= 11 is 0. The zero-order valence-electron chi connectivity index (χ0n) is 32.4. The van der Waals surface area contributed by atoms with Crippen LogP contribution in [-0.4, -0.2) is 83.4 Å². The van der Waals surface area contributed by atoms with E-state index in [0.717, 1.165) is 93.2 Å². The minimum atomic E-state index is -1.48. The van der Waals surface area contributed by atoms with E-state index in [1.54, 1.807) is 0 Å². The molecule has 4 aromatic rings. The number of nitrogens with zero attached hydrogens (tertiary/aromatic N) is 3. The van der Waals surface area contributed by atoms with E-state index in [9.17, 15) is 4.79 Å². The molecular formula is C42H62BCl2N5O4. The van der Waals surface area contributed by atoms with Crippen molar-refractivity contribution in [2.24, 2.45) is 5.92 Å². The van der Waals surface area contributed by atoms with Crippen molar-refractivity contribution in [1.29, 1.82) is 0 Å². The Morgan fingerprint density at radius 3 is 2.17 bits per heavy atom. The summed E-state index contributed by atoms with van der Waals surface area (Å²) in [6.45, 7) is 12.6. The average Bonchev–Trinajstić information content (AvgIpc) is 3.67. The molecule has 1 atom stereocenters. The average molecular weight is 783 g/mol. The minimum absolute atomic E-state index is 0. The summed E-state index contributed by atoms with van der Waals surface area (Å²) in [7, 11) is -1.48. The van der Waals surface area contributed by atoms with E-state index in [0.29, 0.717) is 18.8 Å². The number of carbonyl (C=O) groups excluding carboxylic acids is 1. The summed E-state index contributed by atoms with van der Waals surface area (Å²) in [5, 5.41) is 28.7. The lowest BCUT2D eigenvalue weighted by atomic mass is 9.75. The number of hydrogen-bond donors (Lipinski definition) is 4. The van der Waals surface area contributed by atoms with Crippen LogP contribution in [-0.2, 0) is 4.79 Å². The number of anilines is 1. The number of H-pyrrole nitrogens is 1. The molecule has 1 aliphatic heterocycles. The molecule has 1 aliphatic rings. The molecule has 12 heteroatoms. The minimum Gasteiger partial charge on any atom is -0.494 e. The summed E-state index contributed by atoms with van der Waals surface area (Å²) in [6, 6.07) is 31.3. The second kappa shape index (κ2) is 26.3. The molecule has 1 fully saturated rings. The number of amides is 1. The van der Waals surface area contributed by atoms with Crippen LogP contribution < -0.4 is 15.0 Å². The number of nitrogens with one attached hydrogen (secondary N) is 2. The fourth-order valence-corrected chi connectivity index (χ4v) is 6.41. The first-order valence-corrected chi connectivity index (χ1v) is 19.3. The van der Waals surface area contributed by atoms with Crippen molar-refractivity contribution >= 4 is 43.5 Å². The van der Waals surface area contributed by atoms with Gasteiger partial charge in [0.05, 0.1) is 23.9 Å². The van der Waals surface area contributed by atoms with E-state index in [2.05, 4.69) is 92.9 Å². The lowest BCUT2D eigenvalue weighted by Gasteiger charge is -2.36. The fourth-order valence-electron chi connectivity index (χ4n) is 6.41. The molecule has 0 aliphatic carbocycles. The van der Waals surface area contributed by atoms with Crippen LogP contribution >= 0.6 is 24.8 Å². The quantitative estimate of drug-likeness (QED) is 0.0558. The summed E-state index contributed by atoms with van der Waals surface area (Å²) in [5.41, 5.74) is 5.50. The molecule has 296 valence electrons. The number of benzene rings is 3. The normalized spacial score (nSPS) is 13.2. The van der Waals surface area contributed by atoms with Crippen molar-refractivity contribution < 1.29 is 19.6 Å². The summed E-state index contributed by atoms with van der Waals surface area (Å²) < 4.78 is 6.06. The maximum atomic E-state index is 11.6. The van der Waals surface area contributed by atoms with Crippen molar-refractivity contribution in [3.63, 3.8) is 0 Å². The number of halogens is 2. The Bertz CT molecular complexity index is 1560. The van der Waals surface area contributed by atoms with Gasteiger partial charge in [-0.15, -0.1) is 24.8 Å². The van der Waals surface area contributed by atoms with Gasteiger partial charge in [0.2, 0.25) is 5.91 Å². The third kappa shape index (κ3) is 16.9. The van der Waals surface area contributed by atoms with Crippen LogP contribution in [0.2, 0.25) is 0 Å². The molecule has 3 aromatic carbocycles. The Morgan fingerprint density at radius 1 is 0.833 bits per heavy atom. The number of para-hydroxylation sites is 1. The van der Waals surface area contributed by atoms with Gasteiger partial charge in [-0.25, -0.2) is 0 Å². The number of piperazine rings is 1. The molecule has 0 bridgehead atoms. The van der Waals surface area contributed by atoms with Crippen LogP contribution in [0.3, 0.4) is 0 Å². The molecule has 54 heavy (non-hydrogen) atoms. The molecule has 0 spiro atoms. The Morgan fingerprint density at radius 2 is 1.50 bits per heavy atom. The second-order valence-corrected chi connectivity index (χ2v) is 14.2. The smallest absolute Gasteiger partial charge is 0.475 e. The predicted octanol–water partition coefficient (Wildman–Crippen LogP) is 8.46. The first kappa shape index (κ1) is 46.6. The highest BCUT2D eigenvalue weighted by atomic mass is 35.5. The highest BCUT2D eigenvalue weighted by molar-refractivity contribution is 6.43. The van der Waals surface area contributed by atoms with E-state index in [1.165, 1.54) is 25.1 Å². The van der Waals surface area contributed by atoms with Gasteiger partial charge in [0.1, 0.15) is 5.75 Å². The largest absolute Gasteiger partial charge is 0.494 e. The van der Waals surface area contributed by atoms with Gasteiger partial charge in [-0.1, -0.05) is 101 Å². The number of unbranched alkanes of at least 4 members (excludes halogenated alkanes) is 5. The number of aromatic amines is 1. The van der Waals surface area contributed by atoms with Gasteiger partial charge in [-0.3, -0.25) is 14.8 Å². The molecular weight excluding hydrogens is 720 g/mol. The molecule has 9 nitrogen and oxygen atoms in total. The SMILES string of the molecule is CCCCCCC(=O)NC(CC(C)C)B(O)O.Cl.Cl.c1ccc(-c2cc(-c3cccc(OCCCCCN4CCN(c5ccccc5)CC4)c3)n[nH]2)cc1. The van der Waals surface area contributed by atoms with Crippen molar-refractivity contribution in [2.75, 3.05) is 44.2 Å². The number of hydrogen-bond acceptors (Lipinski definition) is 7. The molecule has 4 N–H and O–H groups in total. The van der Waals surface area contributed by atoms with E-state index in [1.807, 2.05) is 44.2 Å². The standard InChI is InChI=1S/C30H34N4O.C12H26BNO3.2ClH/c1-4-11-25(12-5-1)29-24-30(32-31-29)26-13-10-16-28(23-26)35-22-9-3-8-17-33-18-20-34(21-19-33)27-14-6-2-7-15-27;1-4-5-6-7-8-12(15)14-11(13(16)17)9-10(2)3;;/h1-2,4-7,10-16,23-24H,3,8-9,17-22H2,(H,31,32);10-11,16-17H,4-9H2,1-3H3,(H,14,15);2*1H. The lowest BCUT2D eigenvalue weighted by molar-refractivity contribution is -0.121. The second-order valence-electron chi connectivity index (χ2n) is 14.2. The highest BCUT2D eigenvalue weighted by Crippen LogP contribution is 2.26. The van der Waals surface area contributed by atoms with Gasteiger partial charge in [0.15, 0.2) is 0 Å². The summed E-state index contributed by atoms with van der Waals surface area (Å²) in [6.07, 6.45) is 8.77. The number of aromatic nitrogens is 2. The van der Waals surface area contributed by atoms with Gasteiger partial charge in [-0.2, -0.15) is 5.10 Å². The highest BCUT2D eigenvalue weighted by Gasteiger charge is 2.25. The molecule has 0 radical (unpaired) electrons. The van der Waals surface area contributed by atoms with Gasteiger partial charge < -0.3 is 25.0 Å². The zero-order valence-corrected chi connectivity index (χ0v) is 34.0. The van der Waals surface area contributed by atoms with E-state index >= 15 is 0 Å². The van der Waals surface area contributed by atoms with Crippen molar-refractivity contribution in [1.82, 2.24) is 20.4 Å². The van der Waals surface area contributed by atoms with Crippen LogP contribution in [0.5, 0.6) is 5.75 Å². The van der Waals surface area contributed by atoms with Crippen molar-refractivity contribution in [3.05, 3.63) is 91.0 Å². The molecule has 5 rings (SSSR count). The fraction of sp³-hybridized carbons (Fsp3) is 0.476. The third-order valence-electron chi connectivity index (χ3n) is 9.36. The molecule has 2 heterocycles. The van der Waals surface area contributed by atoms with Crippen molar-refractivity contribution in [3.8, 4) is 28.3 Å². The van der Waals surface area contributed by atoms with E-state index in [-0.39, 0.29) is 30.7 Å². The van der Waals surface area contributed by atoms with E-state index < -0.39 is 13.1 Å². The Kier molecular flexibility index (Phi) is 22.7. The molecule has 1 saturated heterocycles. The van der Waals surface area contributed by atoms with Gasteiger partial charge in [-0.05, 0) is 80.5 Å². The maximum Gasteiger partial charge on any atom is 0.475 e. The van der Waals surface area contributed by atoms with Crippen molar-refractivity contribution in [2.45, 2.75) is 84.5 Å². The van der Waals surface area contributed by atoms with Crippen LogP contribution in [0.25, 0.3) is 22.5 Å². The topological polar surface area (TPSA) is 114 Å². The van der Waals surface area contributed by atoms with Crippen LogP contribution in [0.1, 0.15) is 78.6 Å². The molecule has 0 saturated carbocycles. The number of rotatable bonds is 19. The molecule has 1 amide bonds. The summed E-state index contributed by atoms with van der Waals surface area (Å²) in [5.74, 6) is 0.597. The molecule has 1 aromatic heterocycles. The predicted molar refractivity (Wildman–Crippen MR) is 229 cm³/mol. The third-order valence-corrected chi connectivity index (χ3v) is 9.36. The zero-order chi connectivity index (χ0) is 37.0. The summed E-state index contributed by atoms with van der Waals surface area (Å²) in [4.78, 5) is 16.7. The first-order chi connectivity index (χ1) is 25.3. The lowest BCUT2D eigenvalue weighted by Crippen LogP contribution is -2.47.